The van der Waals surface area contributed by atoms with Crippen molar-refractivity contribution in [2.24, 2.45) is 0 Å². The van der Waals surface area contributed by atoms with Crippen LogP contribution in [0.15, 0.2) is 61.7 Å². The van der Waals surface area contributed by atoms with E-state index in [1.54, 1.807) is 9.59 Å². The number of benzene rings is 2. The van der Waals surface area contributed by atoms with E-state index < -0.39 is 0 Å². The molecule has 0 fully saturated rings. The zero-order valence-corrected chi connectivity index (χ0v) is 16.6. The Morgan fingerprint density at radius 2 is 1.03 bits per heavy atom. The average molecular weight is 398 g/mol. The minimum atomic E-state index is 0.573. The molecule has 0 amide bonds. The highest BCUT2D eigenvalue weighted by atomic mass is 15.6. The van der Waals surface area contributed by atoms with Crippen LogP contribution in [0.1, 0.15) is 33.9 Å². The van der Waals surface area contributed by atoms with Crippen LogP contribution >= 0.6 is 0 Å². The number of aromatic nitrogens is 8. The van der Waals surface area contributed by atoms with E-state index in [9.17, 15) is 0 Å². The molecule has 2 heterocycles. The zero-order valence-electron chi connectivity index (χ0n) is 16.6. The Hall–Kier alpha value is -3.94. The van der Waals surface area contributed by atoms with Crippen molar-refractivity contribution in [3.63, 3.8) is 0 Å². The van der Waals surface area contributed by atoms with E-state index in [0.717, 1.165) is 22.3 Å². The third-order valence-corrected chi connectivity index (χ3v) is 4.64. The number of hydrogen-bond acceptors (Lipinski definition) is 6. The maximum atomic E-state index is 4.44. The lowest BCUT2D eigenvalue weighted by Gasteiger charge is -2.00. The second-order valence-electron chi connectivity index (χ2n) is 6.86. The first kappa shape index (κ1) is 19.4. The molecule has 8 nitrogen and oxygen atoms in total. The van der Waals surface area contributed by atoms with Gasteiger partial charge in [-0.2, -0.15) is 9.59 Å². The van der Waals surface area contributed by atoms with Gasteiger partial charge in [0.25, 0.3) is 0 Å². The third kappa shape index (κ3) is 4.91. The zero-order chi connectivity index (χ0) is 20.8. The fourth-order valence-corrected chi connectivity index (χ4v) is 2.96. The molecule has 0 spiro atoms. The highest BCUT2D eigenvalue weighted by molar-refractivity contribution is 5.47. The minimum absolute atomic E-state index is 0.573. The molecule has 0 saturated carbocycles. The summed E-state index contributed by atoms with van der Waals surface area (Å²) < 4.78 is 0. The summed E-state index contributed by atoms with van der Waals surface area (Å²) in [5.74, 6) is 1.32. The van der Waals surface area contributed by atoms with Crippen LogP contribution in [0.5, 0.6) is 0 Å². The molecule has 4 aromatic rings. The monoisotopic (exact) mass is 398 g/mol. The second-order valence-corrected chi connectivity index (χ2v) is 6.86. The highest BCUT2D eigenvalue weighted by Crippen LogP contribution is 2.08. The van der Waals surface area contributed by atoms with Crippen molar-refractivity contribution < 1.29 is 0 Å². The number of hydrogen-bond donors (Lipinski definition) is 0. The first-order valence-corrected chi connectivity index (χ1v) is 9.68. The van der Waals surface area contributed by atoms with Gasteiger partial charge in [0.2, 0.25) is 0 Å². The maximum absolute atomic E-state index is 4.44. The SMILES string of the molecule is C=Cc1ccc(Cn2nnc(CCc3nnn(Cc4ccc(C=C)cc4)n3)n2)cc1. The summed E-state index contributed by atoms with van der Waals surface area (Å²) >= 11 is 0. The van der Waals surface area contributed by atoms with E-state index in [1.165, 1.54) is 0 Å². The van der Waals surface area contributed by atoms with E-state index >= 15 is 0 Å². The van der Waals surface area contributed by atoms with Crippen LogP contribution in [-0.4, -0.2) is 40.4 Å². The standard InChI is InChI=1S/C22H22N8/c1-3-17-5-9-19(10-6-17)15-29-25-21(23-27-29)13-14-22-24-28-30(26-22)16-20-11-7-18(4-2)8-12-20/h3-12H,1-2,13-16H2. The summed E-state index contributed by atoms with van der Waals surface area (Å²) in [6.45, 7) is 8.67. The van der Waals surface area contributed by atoms with Crippen molar-refractivity contribution in [2.75, 3.05) is 0 Å². The highest BCUT2D eigenvalue weighted by Gasteiger charge is 2.08. The molecule has 2 aromatic carbocycles. The Bertz CT molecular complexity index is 1030. The van der Waals surface area contributed by atoms with Gasteiger partial charge in [-0.15, -0.1) is 20.4 Å². The molecule has 30 heavy (non-hydrogen) atoms. The summed E-state index contributed by atoms with van der Waals surface area (Å²) in [6, 6.07) is 16.2. The molecule has 0 aliphatic rings. The van der Waals surface area contributed by atoms with Crippen molar-refractivity contribution in [3.8, 4) is 0 Å². The quantitative estimate of drug-likeness (QED) is 0.431. The van der Waals surface area contributed by atoms with E-state index in [2.05, 4.69) is 44.0 Å². The predicted octanol–water partition coefficient (Wildman–Crippen LogP) is 2.83. The first-order chi connectivity index (χ1) is 14.7. The topological polar surface area (TPSA) is 87.2 Å². The van der Waals surface area contributed by atoms with Crippen molar-refractivity contribution in [2.45, 2.75) is 25.9 Å². The predicted molar refractivity (Wildman–Crippen MR) is 114 cm³/mol. The fraction of sp³-hybridized carbons (Fsp3) is 0.182. The molecule has 8 heteroatoms. The van der Waals surface area contributed by atoms with Gasteiger partial charge in [-0.05, 0) is 32.7 Å². The molecule has 0 unspecified atom stereocenters. The molecule has 0 aliphatic carbocycles. The van der Waals surface area contributed by atoms with Gasteiger partial charge < -0.3 is 0 Å². The molecule has 0 radical (unpaired) electrons. The van der Waals surface area contributed by atoms with Crippen LogP contribution in [0.3, 0.4) is 0 Å². The number of rotatable bonds is 9. The van der Waals surface area contributed by atoms with Crippen LogP contribution in [-0.2, 0) is 25.9 Å². The van der Waals surface area contributed by atoms with E-state index in [4.69, 9.17) is 0 Å². The van der Waals surface area contributed by atoms with Gasteiger partial charge in [0.05, 0.1) is 13.1 Å². The molecule has 0 atom stereocenters. The van der Waals surface area contributed by atoms with E-state index in [0.29, 0.717) is 37.6 Å². The van der Waals surface area contributed by atoms with Gasteiger partial charge in [0.15, 0.2) is 11.6 Å². The summed E-state index contributed by atoms with van der Waals surface area (Å²) in [7, 11) is 0. The summed E-state index contributed by atoms with van der Waals surface area (Å²) in [5, 5.41) is 25.4. The van der Waals surface area contributed by atoms with Crippen molar-refractivity contribution in [1.82, 2.24) is 40.4 Å². The van der Waals surface area contributed by atoms with Crippen LogP contribution < -0.4 is 0 Å². The summed E-state index contributed by atoms with van der Waals surface area (Å²) in [5.41, 5.74) is 4.38. The minimum Gasteiger partial charge on any atom is -0.160 e. The molecular weight excluding hydrogens is 376 g/mol. The Kier molecular flexibility index (Phi) is 5.84. The molecule has 0 bridgehead atoms. The van der Waals surface area contributed by atoms with Crippen LogP contribution in [0.25, 0.3) is 12.2 Å². The lowest BCUT2D eigenvalue weighted by molar-refractivity contribution is 0.568. The lowest BCUT2D eigenvalue weighted by atomic mass is 10.1. The average Bonchev–Trinajstić information content (AvgIpc) is 3.42. The van der Waals surface area contributed by atoms with Gasteiger partial charge in [0, 0.05) is 12.8 Å². The van der Waals surface area contributed by atoms with Crippen molar-refractivity contribution in [1.29, 1.82) is 0 Å². The van der Waals surface area contributed by atoms with Gasteiger partial charge in [-0.25, -0.2) is 0 Å². The Labute approximate surface area is 174 Å². The molecule has 0 aliphatic heterocycles. The van der Waals surface area contributed by atoms with E-state index in [-0.39, 0.29) is 0 Å². The van der Waals surface area contributed by atoms with Gasteiger partial charge in [0.1, 0.15) is 0 Å². The molecule has 0 saturated heterocycles. The van der Waals surface area contributed by atoms with Gasteiger partial charge in [-0.3, -0.25) is 0 Å². The Morgan fingerprint density at radius 1 is 0.633 bits per heavy atom. The third-order valence-electron chi connectivity index (χ3n) is 4.64. The lowest BCUT2D eigenvalue weighted by Crippen LogP contribution is -2.05. The fourth-order valence-electron chi connectivity index (χ4n) is 2.96. The van der Waals surface area contributed by atoms with E-state index in [1.807, 2.05) is 60.7 Å². The number of nitrogens with zero attached hydrogens (tertiary/aromatic N) is 8. The van der Waals surface area contributed by atoms with Crippen LogP contribution in [0.4, 0.5) is 0 Å². The molecule has 2 aromatic heterocycles. The van der Waals surface area contributed by atoms with Crippen molar-refractivity contribution in [3.05, 3.63) is 95.6 Å². The number of tetrazole rings is 2. The normalized spacial score (nSPS) is 10.8. The Balaban J connectivity index is 1.30. The molecule has 150 valence electrons. The molecule has 4 rings (SSSR count). The largest absolute Gasteiger partial charge is 0.175 e. The maximum Gasteiger partial charge on any atom is 0.175 e. The van der Waals surface area contributed by atoms with Crippen LogP contribution in [0, 0.1) is 0 Å². The second kappa shape index (κ2) is 9.04. The summed E-state index contributed by atoms with van der Waals surface area (Å²) in [6.07, 6.45) is 4.85. The van der Waals surface area contributed by atoms with Crippen LogP contribution in [0.2, 0.25) is 0 Å². The first-order valence-electron chi connectivity index (χ1n) is 9.68. The summed E-state index contributed by atoms with van der Waals surface area (Å²) in [4.78, 5) is 3.19. The number of aryl methyl sites for hydroxylation is 2. The molecular formula is C22H22N8. The Morgan fingerprint density at radius 3 is 1.40 bits per heavy atom. The van der Waals surface area contributed by atoms with Gasteiger partial charge >= 0.3 is 0 Å². The smallest absolute Gasteiger partial charge is 0.160 e. The van der Waals surface area contributed by atoms with Gasteiger partial charge in [-0.1, -0.05) is 73.8 Å². The molecule has 0 N–H and O–H groups in total. The van der Waals surface area contributed by atoms with Crippen molar-refractivity contribution >= 4 is 12.2 Å².